The maximum absolute atomic E-state index is 11.7. The van der Waals surface area contributed by atoms with Crippen LogP contribution in [0.4, 0.5) is 0 Å². The lowest BCUT2D eigenvalue weighted by molar-refractivity contribution is 0.0518. The van der Waals surface area contributed by atoms with E-state index in [0.29, 0.717) is 17.2 Å². The molecule has 0 saturated carbocycles. The molecule has 0 aliphatic rings. The predicted octanol–water partition coefficient (Wildman–Crippen LogP) is 1.87. The number of carbonyl (C=O) groups is 1. The molecule has 0 amide bonds. The van der Waals surface area contributed by atoms with Gasteiger partial charge in [0.2, 0.25) is 5.82 Å². The second-order valence-corrected chi connectivity index (χ2v) is 4.10. The lowest BCUT2D eigenvalue weighted by atomic mass is 10.4. The highest BCUT2D eigenvalue weighted by molar-refractivity contribution is 5.88. The van der Waals surface area contributed by atoms with E-state index >= 15 is 0 Å². The van der Waals surface area contributed by atoms with Gasteiger partial charge in [0, 0.05) is 6.20 Å². The number of nitrogens with zero attached hydrogens (tertiary/aromatic N) is 4. The van der Waals surface area contributed by atoms with Gasteiger partial charge in [-0.1, -0.05) is 6.07 Å². The Hall–Kier alpha value is -2.70. The van der Waals surface area contributed by atoms with Crippen LogP contribution in [0.2, 0.25) is 0 Å². The number of rotatable bonds is 3. The Labute approximate surface area is 114 Å². The van der Waals surface area contributed by atoms with Crippen LogP contribution < -0.4 is 0 Å². The van der Waals surface area contributed by atoms with E-state index in [1.807, 2.05) is 18.2 Å². The average molecular weight is 272 g/mol. The summed E-state index contributed by atoms with van der Waals surface area (Å²) in [6.07, 6.45) is 1.80. The van der Waals surface area contributed by atoms with Crippen LogP contribution in [-0.4, -0.2) is 32.2 Å². The summed E-state index contributed by atoms with van der Waals surface area (Å²) in [7, 11) is 0. The number of hydrogen-bond acceptors (Lipinski definition) is 6. The summed E-state index contributed by atoms with van der Waals surface area (Å²) in [6, 6.07) is 5.53. The summed E-state index contributed by atoms with van der Waals surface area (Å²) in [5, 5.41) is 8.04. The topological polar surface area (TPSA) is 82.5 Å². The average Bonchev–Trinajstić information content (AvgIpc) is 3.02. The Bertz CT molecular complexity index is 775. The SMILES string of the molecule is CCOC(=O)c1nc(-c2nnc3ccccn23)oc1C. The molecular formula is C13H12N4O3. The van der Waals surface area contributed by atoms with Crippen LogP contribution in [0.25, 0.3) is 17.4 Å². The third-order valence-corrected chi connectivity index (χ3v) is 2.77. The van der Waals surface area contributed by atoms with Crippen molar-refractivity contribution in [2.75, 3.05) is 6.61 Å². The van der Waals surface area contributed by atoms with Crippen LogP contribution in [-0.2, 0) is 4.74 Å². The molecule has 0 N–H and O–H groups in total. The van der Waals surface area contributed by atoms with Crippen molar-refractivity contribution in [1.29, 1.82) is 0 Å². The van der Waals surface area contributed by atoms with Crippen LogP contribution >= 0.6 is 0 Å². The maximum atomic E-state index is 11.7. The van der Waals surface area contributed by atoms with Gasteiger partial charge in [0.15, 0.2) is 11.3 Å². The third kappa shape index (κ3) is 1.93. The van der Waals surface area contributed by atoms with Gasteiger partial charge in [-0.15, -0.1) is 10.2 Å². The zero-order valence-corrected chi connectivity index (χ0v) is 11.0. The molecule has 0 saturated heterocycles. The molecule has 0 radical (unpaired) electrons. The number of aromatic nitrogens is 4. The van der Waals surface area contributed by atoms with Gasteiger partial charge in [0.25, 0.3) is 5.89 Å². The minimum atomic E-state index is -0.506. The van der Waals surface area contributed by atoms with Crippen molar-refractivity contribution in [2.24, 2.45) is 0 Å². The molecule has 0 fully saturated rings. The van der Waals surface area contributed by atoms with E-state index in [1.54, 1.807) is 24.4 Å². The molecule has 3 heterocycles. The fourth-order valence-electron chi connectivity index (χ4n) is 1.87. The van der Waals surface area contributed by atoms with E-state index in [2.05, 4.69) is 15.2 Å². The molecule has 0 bridgehead atoms. The number of esters is 1. The molecule has 0 aromatic carbocycles. The first-order valence-electron chi connectivity index (χ1n) is 6.15. The van der Waals surface area contributed by atoms with Gasteiger partial charge in [-0.25, -0.2) is 4.79 Å². The number of fused-ring (bicyclic) bond motifs is 1. The van der Waals surface area contributed by atoms with E-state index in [-0.39, 0.29) is 18.2 Å². The fraction of sp³-hybridized carbons (Fsp3) is 0.231. The Kier molecular flexibility index (Phi) is 2.94. The minimum absolute atomic E-state index is 0.162. The molecule has 0 aliphatic heterocycles. The summed E-state index contributed by atoms with van der Waals surface area (Å²) in [5.74, 6) is 0.573. The van der Waals surface area contributed by atoms with E-state index in [1.165, 1.54) is 0 Å². The molecule has 3 aromatic rings. The maximum Gasteiger partial charge on any atom is 0.360 e. The summed E-state index contributed by atoms with van der Waals surface area (Å²) >= 11 is 0. The predicted molar refractivity (Wildman–Crippen MR) is 69.2 cm³/mol. The highest BCUT2D eigenvalue weighted by Gasteiger charge is 2.21. The molecule has 3 aromatic heterocycles. The molecule has 7 nitrogen and oxygen atoms in total. The number of ether oxygens (including phenoxy) is 1. The second kappa shape index (κ2) is 4.76. The van der Waals surface area contributed by atoms with Crippen LogP contribution in [0, 0.1) is 6.92 Å². The van der Waals surface area contributed by atoms with Gasteiger partial charge in [-0.2, -0.15) is 4.98 Å². The summed E-state index contributed by atoms with van der Waals surface area (Å²) in [5.41, 5.74) is 0.838. The first-order chi connectivity index (χ1) is 9.70. The minimum Gasteiger partial charge on any atom is -0.461 e. The Morgan fingerprint density at radius 1 is 1.40 bits per heavy atom. The Morgan fingerprint density at radius 3 is 3.05 bits per heavy atom. The van der Waals surface area contributed by atoms with E-state index in [0.717, 1.165) is 0 Å². The lowest BCUT2D eigenvalue weighted by Gasteiger charge is -1.96. The second-order valence-electron chi connectivity index (χ2n) is 4.10. The van der Waals surface area contributed by atoms with Crippen LogP contribution in [0.15, 0.2) is 28.8 Å². The molecule has 0 aliphatic carbocycles. The molecule has 102 valence electrons. The van der Waals surface area contributed by atoms with Gasteiger partial charge < -0.3 is 9.15 Å². The first-order valence-corrected chi connectivity index (χ1v) is 6.15. The van der Waals surface area contributed by atoms with Crippen molar-refractivity contribution in [1.82, 2.24) is 19.6 Å². The van der Waals surface area contributed by atoms with E-state index in [4.69, 9.17) is 9.15 Å². The quantitative estimate of drug-likeness (QED) is 0.677. The largest absolute Gasteiger partial charge is 0.461 e. The smallest absolute Gasteiger partial charge is 0.360 e. The highest BCUT2D eigenvalue weighted by Crippen LogP contribution is 2.21. The normalized spacial score (nSPS) is 10.9. The Morgan fingerprint density at radius 2 is 2.25 bits per heavy atom. The zero-order valence-electron chi connectivity index (χ0n) is 11.0. The lowest BCUT2D eigenvalue weighted by Crippen LogP contribution is -2.06. The number of carbonyl (C=O) groups excluding carboxylic acids is 1. The number of aryl methyl sites for hydroxylation is 1. The molecule has 20 heavy (non-hydrogen) atoms. The molecule has 0 atom stereocenters. The molecular weight excluding hydrogens is 260 g/mol. The first kappa shape index (κ1) is 12.3. The van der Waals surface area contributed by atoms with Crippen molar-refractivity contribution in [2.45, 2.75) is 13.8 Å². The van der Waals surface area contributed by atoms with Crippen molar-refractivity contribution in [3.63, 3.8) is 0 Å². The molecule has 3 rings (SSSR count). The van der Waals surface area contributed by atoms with Crippen LogP contribution in [0.5, 0.6) is 0 Å². The van der Waals surface area contributed by atoms with Crippen molar-refractivity contribution >= 4 is 11.6 Å². The van der Waals surface area contributed by atoms with Gasteiger partial charge in [-0.05, 0) is 26.0 Å². The fourth-order valence-corrected chi connectivity index (χ4v) is 1.87. The number of hydrogen-bond donors (Lipinski definition) is 0. The van der Waals surface area contributed by atoms with E-state index < -0.39 is 5.97 Å². The molecule has 0 spiro atoms. The standard InChI is InChI=1S/C13H12N4O3/c1-3-19-13(18)10-8(2)20-12(14-10)11-16-15-9-6-4-5-7-17(9)11/h4-7H,3H2,1-2H3. The molecule has 7 heteroatoms. The summed E-state index contributed by atoms with van der Waals surface area (Å²) in [6.45, 7) is 3.68. The number of pyridine rings is 1. The van der Waals surface area contributed by atoms with Crippen LogP contribution in [0.1, 0.15) is 23.2 Å². The van der Waals surface area contributed by atoms with Crippen molar-refractivity contribution in [3.05, 3.63) is 35.9 Å². The van der Waals surface area contributed by atoms with Gasteiger partial charge in [0.1, 0.15) is 5.76 Å². The summed E-state index contributed by atoms with van der Waals surface area (Å²) < 4.78 is 12.2. The molecule has 0 unspecified atom stereocenters. The van der Waals surface area contributed by atoms with Gasteiger partial charge in [0.05, 0.1) is 6.61 Å². The highest BCUT2D eigenvalue weighted by atomic mass is 16.5. The van der Waals surface area contributed by atoms with Crippen molar-refractivity contribution in [3.8, 4) is 11.7 Å². The van der Waals surface area contributed by atoms with Crippen LogP contribution in [0.3, 0.4) is 0 Å². The van der Waals surface area contributed by atoms with Gasteiger partial charge >= 0.3 is 5.97 Å². The monoisotopic (exact) mass is 272 g/mol. The number of oxazole rings is 1. The summed E-state index contributed by atoms with van der Waals surface area (Å²) in [4.78, 5) is 15.9. The zero-order chi connectivity index (χ0) is 14.1. The van der Waals surface area contributed by atoms with Gasteiger partial charge in [-0.3, -0.25) is 4.40 Å². The Balaban J connectivity index is 2.07. The van der Waals surface area contributed by atoms with Crippen molar-refractivity contribution < 1.29 is 13.9 Å². The third-order valence-electron chi connectivity index (χ3n) is 2.77. The van der Waals surface area contributed by atoms with E-state index in [9.17, 15) is 4.79 Å².